The van der Waals surface area contributed by atoms with E-state index in [-0.39, 0.29) is 29.7 Å². The summed E-state index contributed by atoms with van der Waals surface area (Å²) in [5, 5.41) is 0. The van der Waals surface area contributed by atoms with E-state index in [0.29, 0.717) is 24.0 Å². The smallest absolute Gasteiger partial charge is 0.243 e. The van der Waals surface area contributed by atoms with Crippen molar-refractivity contribution in [2.24, 2.45) is 0 Å². The average molecular weight is 433 g/mol. The largest absolute Gasteiger partial charge is 0.340 e. The highest BCUT2D eigenvalue weighted by Gasteiger charge is 2.38. The van der Waals surface area contributed by atoms with Gasteiger partial charge in [-0.2, -0.15) is 4.31 Å². The van der Waals surface area contributed by atoms with Crippen LogP contribution in [0.2, 0.25) is 0 Å². The first-order valence-electron chi connectivity index (χ1n) is 9.83. The van der Waals surface area contributed by atoms with Crippen LogP contribution in [0, 0.1) is 5.82 Å². The lowest BCUT2D eigenvalue weighted by molar-refractivity contribution is -0.135. The first-order valence-corrected chi connectivity index (χ1v) is 11.3. The van der Waals surface area contributed by atoms with Crippen molar-refractivity contribution in [1.82, 2.24) is 9.21 Å². The van der Waals surface area contributed by atoms with E-state index in [1.165, 1.54) is 46.5 Å². The second-order valence-corrected chi connectivity index (χ2v) is 9.38. The molecule has 2 aromatic rings. The number of nitrogens with zero attached hydrogens (tertiary/aromatic N) is 2. The number of hydrogen-bond acceptors (Lipinski definition) is 4. The Morgan fingerprint density at radius 1 is 1.10 bits per heavy atom. The molecule has 0 radical (unpaired) electrons. The lowest BCUT2D eigenvalue weighted by Gasteiger charge is -2.35. The van der Waals surface area contributed by atoms with Gasteiger partial charge in [0.1, 0.15) is 11.9 Å². The molecule has 1 aliphatic heterocycles. The van der Waals surface area contributed by atoms with E-state index in [1.54, 1.807) is 25.2 Å². The summed E-state index contributed by atoms with van der Waals surface area (Å²) >= 11 is 0. The van der Waals surface area contributed by atoms with Gasteiger partial charge < -0.3 is 4.90 Å². The fraction of sp³-hybridized carbons (Fsp3) is 0.364. The van der Waals surface area contributed by atoms with Crippen LogP contribution in [0.1, 0.15) is 42.1 Å². The molecule has 160 valence electrons. The maximum absolute atomic E-state index is 14.0. The molecule has 30 heavy (non-hydrogen) atoms. The number of sulfonamides is 1. The number of hydrogen-bond donors (Lipinski definition) is 0. The number of halogens is 1. The molecule has 1 fully saturated rings. The minimum atomic E-state index is -3.91. The summed E-state index contributed by atoms with van der Waals surface area (Å²) in [6.07, 6.45) is 1.80. The summed E-state index contributed by atoms with van der Waals surface area (Å²) in [4.78, 5) is 26.0. The lowest BCUT2D eigenvalue weighted by atomic mass is 10.0. The molecular weight excluding hydrogens is 407 g/mol. The quantitative estimate of drug-likeness (QED) is 0.657. The molecule has 1 saturated heterocycles. The molecule has 0 saturated carbocycles. The molecule has 0 aliphatic carbocycles. The number of amides is 1. The van der Waals surface area contributed by atoms with E-state index in [1.807, 2.05) is 0 Å². The maximum Gasteiger partial charge on any atom is 0.243 e. The summed E-state index contributed by atoms with van der Waals surface area (Å²) in [7, 11) is -2.36. The van der Waals surface area contributed by atoms with E-state index in [9.17, 15) is 22.4 Å². The van der Waals surface area contributed by atoms with E-state index in [4.69, 9.17) is 0 Å². The summed E-state index contributed by atoms with van der Waals surface area (Å²) in [5.74, 6) is -0.919. The predicted molar refractivity (Wildman–Crippen MR) is 111 cm³/mol. The second-order valence-electron chi connectivity index (χ2n) is 7.49. The number of Topliss-reactive ketones (excluding diaryl/α,β-unsaturated/α-hetero) is 1. The Kier molecular flexibility index (Phi) is 6.67. The Morgan fingerprint density at radius 3 is 2.40 bits per heavy atom. The van der Waals surface area contributed by atoms with Gasteiger partial charge in [-0.25, -0.2) is 12.8 Å². The number of benzene rings is 2. The van der Waals surface area contributed by atoms with E-state index in [0.717, 1.165) is 6.42 Å². The van der Waals surface area contributed by atoms with Crippen molar-refractivity contribution in [3.8, 4) is 0 Å². The summed E-state index contributed by atoms with van der Waals surface area (Å²) in [6.45, 7) is 1.71. The van der Waals surface area contributed by atoms with E-state index in [2.05, 4.69) is 0 Å². The number of piperidine rings is 1. The van der Waals surface area contributed by atoms with Crippen molar-refractivity contribution in [3.63, 3.8) is 0 Å². The summed E-state index contributed by atoms with van der Waals surface area (Å²) < 4.78 is 41.7. The monoisotopic (exact) mass is 432 g/mol. The van der Waals surface area contributed by atoms with Gasteiger partial charge in [-0.3, -0.25) is 9.59 Å². The van der Waals surface area contributed by atoms with Crippen LogP contribution < -0.4 is 0 Å². The molecule has 0 bridgehead atoms. The molecular formula is C22H25FN2O4S. The van der Waals surface area contributed by atoms with Crippen molar-refractivity contribution < 1.29 is 22.4 Å². The van der Waals surface area contributed by atoms with Crippen LogP contribution in [0.4, 0.5) is 4.39 Å². The van der Waals surface area contributed by atoms with Crippen molar-refractivity contribution in [2.75, 3.05) is 13.6 Å². The number of carbonyl (C=O) groups excluding carboxylic acids is 2. The number of likely N-dealkylation sites (N-methyl/N-ethyl adjacent to an activating group) is 1. The Balaban J connectivity index is 1.83. The maximum atomic E-state index is 14.0. The topological polar surface area (TPSA) is 74.8 Å². The molecule has 6 nitrogen and oxygen atoms in total. The highest BCUT2D eigenvalue weighted by molar-refractivity contribution is 7.89. The van der Waals surface area contributed by atoms with Crippen LogP contribution in [0.15, 0.2) is 53.4 Å². The zero-order chi connectivity index (χ0) is 21.9. The zero-order valence-electron chi connectivity index (χ0n) is 17.0. The highest BCUT2D eigenvalue weighted by Crippen LogP contribution is 2.27. The molecule has 1 heterocycles. The molecule has 1 aliphatic rings. The van der Waals surface area contributed by atoms with Crippen molar-refractivity contribution in [3.05, 3.63) is 65.5 Å². The first-order chi connectivity index (χ1) is 14.2. The standard InChI is InChI=1S/C22H25FN2O4S/c1-16(26)17-10-12-19(13-11-17)30(28,29)25-14-6-5-9-21(25)22(27)24(2)15-18-7-3-4-8-20(18)23/h3-4,7-8,10-13,21H,5-6,9,14-15H2,1-2H3. The average Bonchev–Trinajstić information content (AvgIpc) is 2.74. The Hall–Kier alpha value is -2.58. The molecule has 2 aromatic carbocycles. The van der Waals surface area contributed by atoms with Gasteiger partial charge in [0, 0.05) is 31.3 Å². The third-order valence-electron chi connectivity index (χ3n) is 5.35. The van der Waals surface area contributed by atoms with Gasteiger partial charge in [0.2, 0.25) is 15.9 Å². The van der Waals surface area contributed by atoms with E-state index < -0.39 is 21.9 Å². The van der Waals surface area contributed by atoms with Crippen LogP contribution >= 0.6 is 0 Å². The van der Waals surface area contributed by atoms with Crippen molar-refractivity contribution >= 4 is 21.7 Å². The highest BCUT2D eigenvalue weighted by atomic mass is 32.2. The first kappa shape index (κ1) is 22.1. The van der Waals surface area contributed by atoms with Crippen molar-refractivity contribution in [2.45, 2.75) is 43.7 Å². The van der Waals surface area contributed by atoms with Gasteiger partial charge in [-0.05, 0) is 38.0 Å². The lowest BCUT2D eigenvalue weighted by Crippen LogP contribution is -2.52. The van der Waals surface area contributed by atoms with Gasteiger partial charge in [-0.15, -0.1) is 0 Å². The molecule has 0 aromatic heterocycles. The molecule has 8 heteroatoms. The summed E-state index contributed by atoms with van der Waals surface area (Å²) in [6, 6.07) is 11.1. The summed E-state index contributed by atoms with van der Waals surface area (Å²) in [5.41, 5.74) is 0.795. The number of ketones is 1. The Bertz CT molecular complexity index is 1040. The number of rotatable bonds is 6. The van der Waals surface area contributed by atoms with Crippen molar-refractivity contribution in [1.29, 1.82) is 0 Å². The minimum absolute atomic E-state index is 0.0453. The fourth-order valence-corrected chi connectivity index (χ4v) is 5.30. The molecule has 1 unspecified atom stereocenters. The van der Waals surface area contributed by atoms with Gasteiger partial charge in [0.15, 0.2) is 5.78 Å². The molecule has 1 amide bonds. The predicted octanol–water partition coefficient (Wildman–Crippen LogP) is 3.23. The van der Waals surface area contributed by atoms with Crippen LogP contribution in [-0.4, -0.2) is 48.9 Å². The van der Waals surface area contributed by atoms with Gasteiger partial charge in [0.25, 0.3) is 0 Å². The third-order valence-corrected chi connectivity index (χ3v) is 7.27. The number of carbonyl (C=O) groups is 2. The fourth-order valence-electron chi connectivity index (χ4n) is 3.65. The normalized spacial score (nSPS) is 17.5. The van der Waals surface area contributed by atoms with Crippen LogP contribution in [0.3, 0.4) is 0 Å². The molecule has 1 atom stereocenters. The van der Waals surface area contributed by atoms with Crippen LogP contribution in [-0.2, 0) is 21.4 Å². The van der Waals surface area contributed by atoms with Crippen LogP contribution in [0.25, 0.3) is 0 Å². The second kappa shape index (κ2) is 9.06. The minimum Gasteiger partial charge on any atom is -0.340 e. The molecule has 3 rings (SSSR count). The molecule has 0 spiro atoms. The van der Waals surface area contributed by atoms with E-state index >= 15 is 0 Å². The Labute approximate surface area is 176 Å². The van der Waals surface area contributed by atoms with Gasteiger partial charge in [-0.1, -0.05) is 36.8 Å². The Morgan fingerprint density at radius 2 is 1.77 bits per heavy atom. The van der Waals surface area contributed by atoms with Crippen LogP contribution in [0.5, 0.6) is 0 Å². The van der Waals surface area contributed by atoms with Gasteiger partial charge in [0.05, 0.1) is 4.90 Å². The zero-order valence-corrected chi connectivity index (χ0v) is 17.9. The van der Waals surface area contributed by atoms with Gasteiger partial charge >= 0.3 is 0 Å². The molecule has 0 N–H and O–H groups in total. The third kappa shape index (κ3) is 4.60. The SMILES string of the molecule is CC(=O)c1ccc(S(=O)(=O)N2CCCCC2C(=O)N(C)Cc2ccccc2F)cc1.